The minimum Gasteiger partial charge on any atom is -0.363 e. The minimum atomic E-state index is -0.315. The lowest BCUT2D eigenvalue weighted by Crippen LogP contribution is -2.43. The lowest BCUT2D eigenvalue weighted by atomic mass is 10.1. The van der Waals surface area contributed by atoms with E-state index in [1.54, 1.807) is 35.2 Å². The molecule has 1 aromatic carbocycles. The maximum Gasteiger partial charge on any atom is 0.254 e. The molecule has 1 aromatic heterocycles. The van der Waals surface area contributed by atoms with E-state index in [2.05, 4.69) is 30.9 Å². The van der Waals surface area contributed by atoms with Crippen LogP contribution in [0.25, 0.3) is 0 Å². The predicted molar refractivity (Wildman–Crippen MR) is 90.1 cm³/mol. The summed E-state index contributed by atoms with van der Waals surface area (Å²) in [6, 6.07) is 8.56. The molecule has 122 valence electrons. The lowest BCUT2D eigenvalue weighted by Gasteiger charge is -2.28. The molecule has 0 aliphatic rings. The number of rotatable bonds is 6. The molecule has 0 spiro atoms. The van der Waals surface area contributed by atoms with Gasteiger partial charge in [0, 0.05) is 22.1 Å². The van der Waals surface area contributed by atoms with Crippen LogP contribution in [0.3, 0.4) is 0 Å². The number of carbonyl (C=O) groups excluding carboxylic acids is 2. The third-order valence-electron chi connectivity index (χ3n) is 3.49. The summed E-state index contributed by atoms with van der Waals surface area (Å²) in [6.07, 6.45) is 2.12. The number of nitrogens with zero attached hydrogens (tertiary/aromatic N) is 2. The van der Waals surface area contributed by atoms with E-state index in [-0.39, 0.29) is 24.4 Å². The van der Waals surface area contributed by atoms with Gasteiger partial charge in [-0.25, -0.2) is 0 Å². The largest absolute Gasteiger partial charge is 0.363 e. The molecule has 0 aliphatic heterocycles. The molecule has 0 saturated heterocycles. The smallest absolute Gasteiger partial charge is 0.254 e. The summed E-state index contributed by atoms with van der Waals surface area (Å²) in [7, 11) is 0. The van der Waals surface area contributed by atoms with Gasteiger partial charge in [0.15, 0.2) is 5.82 Å². The average Bonchev–Trinajstić information content (AvgIpc) is 3.05. The van der Waals surface area contributed by atoms with E-state index < -0.39 is 0 Å². The van der Waals surface area contributed by atoms with Gasteiger partial charge in [-0.3, -0.25) is 9.59 Å². The van der Waals surface area contributed by atoms with Crippen molar-refractivity contribution in [3.05, 3.63) is 46.6 Å². The number of halogens is 1. The number of nitrogens with one attached hydrogen (secondary N) is 1. The fourth-order valence-corrected chi connectivity index (χ4v) is 2.28. The zero-order valence-corrected chi connectivity index (χ0v) is 14.5. The molecule has 7 heteroatoms. The van der Waals surface area contributed by atoms with Crippen LogP contribution >= 0.6 is 15.9 Å². The molecule has 23 heavy (non-hydrogen) atoms. The molecular formula is C16H18BrN3O3. The van der Waals surface area contributed by atoms with Crippen molar-refractivity contribution >= 4 is 33.6 Å². The van der Waals surface area contributed by atoms with Gasteiger partial charge in [0.25, 0.3) is 5.91 Å². The first-order valence-electron chi connectivity index (χ1n) is 7.28. The highest BCUT2D eigenvalue weighted by Crippen LogP contribution is 2.15. The Kier molecular flexibility index (Phi) is 5.92. The molecule has 1 heterocycles. The van der Waals surface area contributed by atoms with Gasteiger partial charge in [0.1, 0.15) is 12.8 Å². The van der Waals surface area contributed by atoms with Gasteiger partial charge in [-0.05, 0) is 37.6 Å². The van der Waals surface area contributed by atoms with Gasteiger partial charge in [-0.15, -0.1) is 0 Å². The molecule has 2 amide bonds. The Morgan fingerprint density at radius 2 is 2.00 bits per heavy atom. The standard InChI is InChI=1S/C16H18BrN3O3/c1-3-11(2)20(10-15(21)18-14-8-9-23-19-14)16(22)12-4-6-13(17)7-5-12/h4-9,11H,3,10H2,1-2H3,(H,18,19,21). The highest BCUT2D eigenvalue weighted by atomic mass is 79.9. The summed E-state index contributed by atoms with van der Waals surface area (Å²) in [6.45, 7) is 3.85. The minimum absolute atomic E-state index is 0.0449. The van der Waals surface area contributed by atoms with Crippen LogP contribution in [0.5, 0.6) is 0 Å². The number of benzene rings is 1. The fraction of sp³-hybridized carbons (Fsp3) is 0.312. The highest BCUT2D eigenvalue weighted by molar-refractivity contribution is 9.10. The number of carbonyl (C=O) groups is 2. The molecule has 6 nitrogen and oxygen atoms in total. The molecule has 0 aliphatic carbocycles. The van der Waals surface area contributed by atoms with Crippen molar-refractivity contribution < 1.29 is 14.1 Å². The molecule has 0 bridgehead atoms. The molecule has 0 radical (unpaired) electrons. The topological polar surface area (TPSA) is 75.4 Å². The third-order valence-corrected chi connectivity index (χ3v) is 4.02. The summed E-state index contributed by atoms with van der Waals surface area (Å²) in [5, 5.41) is 6.23. The molecule has 1 unspecified atom stereocenters. The predicted octanol–water partition coefficient (Wildman–Crippen LogP) is 3.32. The zero-order chi connectivity index (χ0) is 16.8. The molecule has 0 fully saturated rings. The van der Waals surface area contributed by atoms with Crippen molar-refractivity contribution in [2.75, 3.05) is 11.9 Å². The molecule has 2 rings (SSSR count). The maximum atomic E-state index is 12.7. The van der Waals surface area contributed by atoms with Crippen LogP contribution in [-0.2, 0) is 4.79 Å². The van der Waals surface area contributed by atoms with Gasteiger partial charge in [-0.1, -0.05) is 28.0 Å². The van der Waals surface area contributed by atoms with Crippen LogP contribution in [-0.4, -0.2) is 34.5 Å². The first-order chi connectivity index (χ1) is 11.0. The fourth-order valence-electron chi connectivity index (χ4n) is 2.02. The monoisotopic (exact) mass is 379 g/mol. The van der Waals surface area contributed by atoms with Crippen molar-refractivity contribution in [1.29, 1.82) is 0 Å². The van der Waals surface area contributed by atoms with Gasteiger partial charge in [0.05, 0.1) is 0 Å². The van der Waals surface area contributed by atoms with Crippen molar-refractivity contribution in [3.8, 4) is 0 Å². The van der Waals surface area contributed by atoms with Gasteiger partial charge >= 0.3 is 0 Å². The van der Waals surface area contributed by atoms with Gasteiger partial charge in [-0.2, -0.15) is 0 Å². The zero-order valence-electron chi connectivity index (χ0n) is 13.0. The Morgan fingerprint density at radius 1 is 1.30 bits per heavy atom. The van der Waals surface area contributed by atoms with E-state index >= 15 is 0 Å². The Bertz CT molecular complexity index is 656. The number of amides is 2. The highest BCUT2D eigenvalue weighted by Gasteiger charge is 2.23. The Hall–Kier alpha value is -2.15. The Morgan fingerprint density at radius 3 is 2.57 bits per heavy atom. The van der Waals surface area contributed by atoms with Crippen LogP contribution in [0.2, 0.25) is 0 Å². The second-order valence-corrected chi connectivity index (χ2v) is 6.05. The summed E-state index contributed by atoms with van der Waals surface area (Å²) in [4.78, 5) is 26.4. The Labute approximate surface area is 143 Å². The summed E-state index contributed by atoms with van der Waals surface area (Å²) >= 11 is 3.34. The summed E-state index contributed by atoms with van der Waals surface area (Å²) in [5.41, 5.74) is 0.544. The van der Waals surface area contributed by atoms with Crippen molar-refractivity contribution in [2.45, 2.75) is 26.3 Å². The summed E-state index contributed by atoms with van der Waals surface area (Å²) in [5.74, 6) is -0.165. The normalized spacial score (nSPS) is 11.8. The number of hydrogen-bond acceptors (Lipinski definition) is 4. The molecular weight excluding hydrogens is 362 g/mol. The van der Waals surface area contributed by atoms with Crippen molar-refractivity contribution in [1.82, 2.24) is 10.1 Å². The van der Waals surface area contributed by atoms with Gasteiger partial charge in [0.2, 0.25) is 5.91 Å². The molecule has 0 saturated carbocycles. The first-order valence-corrected chi connectivity index (χ1v) is 8.07. The van der Waals surface area contributed by atoms with Crippen LogP contribution in [0.4, 0.5) is 5.82 Å². The van der Waals surface area contributed by atoms with Crippen LogP contribution in [0.1, 0.15) is 30.6 Å². The third kappa shape index (κ3) is 4.66. The van der Waals surface area contributed by atoms with Crippen LogP contribution < -0.4 is 5.32 Å². The maximum absolute atomic E-state index is 12.7. The van der Waals surface area contributed by atoms with E-state index in [1.165, 1.54) is 6.26 Å². The van der Waals surface area contributed by atoms with E-state index in [0.29, 0.717) is 11.4 Å². The number of anilines is 1. The molecule has 1 N–H and O–H groups in total. The first kappa shape index (κ1) is 17.2. The Balaban J connectivity index is 2.11. The average molecular weight is 380 g/mol. The van der Waals surface area contributed by atoms with Crippen LogP contribution in [0.15, 0.2) is 45.6 Å². The SMILES string of the molecule is CCC(C)N(CC(=O)Nc1ccon1)C(=O)c1ccc(Br)cc1. The second kappa shape index (κ2) is 7.92. The van der Waals surface area contributed by atoms with Gasteiger partial charge < -0.3 is 14.7 Å². The van der Waals surface area contributed by atoms with E-state index in [4.69, 9.17) is 0 Å². The summed E-state index contributed by atoms with van der Waals surface area (Å²) < 4.78 is 5.56. The van der Waals surface area contributed by atoms with E-state index in [9.17, 15) is 9.59 Å². The lowest BCUT2D eigenvalue weighted by molar-refractivity contribution is -0.117. The van der Waals surface area contributed by atoms with E-state index in [1.807, 2.05) is 13.8 Å². The molecule has 1 atom stereocenters. The van der Waals surface area contributed by atoms with Crippen molar-refractivity contribution in [3.63, 3.8) is 0 Å². The number of aromatic nitrogens is 1. The molecule has 2 aromatic rings. The quantitative estimate of drug-likeness (QED) is 0.834. The van der Waals surface area contributed by atoms with Crippen LogP contribution in [0, 0.1) is 0 Å². The van der Waals surface area contributed by atoms with Crippen molar-refractivity contribution in [2.24, 2.45) is 0 Å². The number of hydrogen-bond donors (Lipinski definition) is 1. The van der Waals surface area contributed by atoms with E-state index in [0.717, 1.165) is 10.9 Å². The second-order valence-electron chi connectivity index (χ2n) is 5.13.